The number of rotatable bonds is 1. The number of nitrogens with zero attached hydrogens (tertiary/aromatic N) is 1. The molecule has 0 unspecified atom stereocenters. The quantitative estimate of drug-likeness (QED) is 0.662. The Morgan fingerprint density at radius 3 is 2.33 bits per heavy atom. The van der Waals surface area contributed by atoms with Gasteiger partial charge in [-0.25, -0.2) is 0 Å². The summed E-state index contributed by atoms with van der Waals surface area (Å²) in [5, 5.41) is 2.84. The molecule has 0 N–H and O–H groups in total. The summed E-state index contributed by atoms with van der Waals surface area (Å²) < 4.78 is 0. The van der Waals surface area contributed by atoms with Gasteiger partial charge in [0.1, 0.15) is 0 Å². The predicted octanol–water partition coefficient (Wildman–Crippen LogP) is 2.05. The molecule has 1 heterocycles. The predicted molar refractivity (Wildman–Crippen MR) is 54.0 cm³/mol. The number of para-hydroxylation sites is 1. The van der Waals surface area contributed by atoms with Crippen molar-refractivity contribution in [3.8, 4) is 0 Å². The normalized spacial score (nSPS) is 17.8. The van der Waals surface area contributed by atoms with E-state index in [9.17, 15) is 0 Å². The van der Waals surface area contributed by atoms with Crippen LogP contribution >= 0.6 is 0 Å². The van der Waals surface area contributed by atoms with Gasteiger partial charge < -0.3 is 0 Å². The van der Waals surface area contributed by atoms with Gasteiger partial charge in [0, 0.05) is 0 Å². The van der Waals surface area contributed by atoms with E-state index in [-0.39, 0.29) is 0 Å². The van der Waals surface area contributed by atoms with Crippen LogP contribution in [0, 0.1) is 0 Å². The molecule has 0 aliphatic carbocycles. The van der Waals surface area contributed by atoms with Crippen molar-refractivity contribution >= 4 is 20.6 Å². The van der Waals surface area contributed by atoms with Gasteiger partial charge in [0.15, 0.2) is 0 Å². The van der Waals surface area contributed by atoms with Crippen molar-refractivity contribution in [1.29, 1.82) is 0 Å². The van der Waals surface area contributed by atoms with Crippen molar-refractivity contribution in [2.24, 2.45) is 0 Å². The van der Waals surface area contributed by atoms with Gasteiger partial charge in [0.05, 0.1) is 0 Å². The van der Waals surface area contributed by atoms with Crippen molar-refractivity contribution in [2.75, 3.05) is 18.0 Å². The van der Waals surface area contributed by atoms with Crippen LogP contribution in [0.5, 0.6) is 0 Å². The van der Waals surface area contributed by atoms with E-state index in [0.717, 1.165) is 15.0 Å². The number of hydrogen-bond acceptors (Lipinski definition) is 1. The van der Waals surface area contributed by atoms with E-state index in [4.69, 9.17) is 0 Å². The molecule has 12 heavy (non-hydrogen) atoms. The van der Waals surface area contributed by atoms with Crippen LogP contribution in [0.15, 0.2) is 30.3 Å². The Hall–Kier alpha value is -0.461. The minimum atomic E-state index is 0.922. The van der Waals surface area contributed by atoms with Crippen LogP contribution in [0.1, 0.15) is 0 Å². The van der Waals surface area contributed by atoms with Crippen molar-refractivity contribution in [3.05, 3.63) is 30.3 Å². The van der Waals surface area contributed by atoms with Gasteiger partial charge in [-0.2, -0.15) is 0 Å². The molecule has 0 amide bonds. The Morgan fingerprint density at radius 2 is 1.67 bits per heavy atom. The van der Waals surface area contributed by atoms with E-state index < -0.39 is 0 Å². The van der Waals surface area contributed by atoms with Gasteiger partial charge in [0.25, 0.3) is 0 Å². The van der Waals surface area contributed by atoms with Crippen LogP contribution < -0.4 is 4.90 Å². The van der Waals surface area contributed by atoms with Gasteiger partial charge in [0.2, 0.25) is 0 Å². The Labute approximate surface area is 79.9 Å². The van der Waals surface area contributed by atoms with E-state index in [2.05, 4.69) is 35.2 Å². The second-order valence-corrected chi connectivity index (χ2v) is 5.50. The zero-order valence-electron chi connectivity index (χ0n) is 7.07. The van der Waals surface area contributed by atoms with Gasteiger partial charge in [-0.05, 0) is 0 Å². The summed E-state index contributed by atoms with van der Waals surface area (Å²) in [6.07, 6.45) is 0. The summed E-state index contributed by atoms with van der Waals surface area (Å²) in [5.74, 6) is 0. The molecule has 1 nitrogen and oxygen atoms in total. The molecule has 0 atom stereocenters. The molecule has 1 aliphatic rings. The van der Waals surface area contributed by atoms with E-state index in [1.54, 1.807) is 0 Å². The molecule has 0 aromatic heterocycles. The summed E-state index contributed by atoms with van der Waals surface area (Å²) in [6, 6.07) is 10.7. The average Bonchev–Trinajstić information content (AvgIpc) is 2.21. The first-order valence-corrected chi connectivity index (χ1v) is 6.77. The Bertz CT molecular complexity index is 229. The van der Waals surface area contributed by atoms with Crippen molar-refractivity contribution < 1.29 is 0 Å². The van der Waals surface area contributed by atoms with Crippen LogP contribution in [-0.4, -0.2) is 28.0 Å². The molecular weight excluding hydrogens is 213 g/mol. The molecule has 1 aromatic carbocycles. The zero-order valence-corrected chi connectivity index (χ0v) is 8.78. The second kappa shape index (κ2) is 3.97. The monoisotopic (exact) mass is 227 g/mol. The molecule has 0 spiro atoms. The third kappa shape index (κ3) is 1.82. The standard InChI is InChI=1S/C10H13NSe/c1-2-4-10(5-3-1)11-6-8-12-9-7-11/h1-5H,6-9H2. The molecular formula is C10H13NSe. The molecule has 64 valence electrons. The van der Waals surface area contributed by atoms with Crippen LogP contribution in [0.2, 0.25) is 10.6 Å². The maximum absolute atomic E-state index is 2.49. The summed E-state index contributed by atoms with van der Waals surface area (Å²) in [5.41, 5.74) is 1.40. The molecule has 2 rings (SSSR count). The van der Waals surface area contributed by atoms with E-state index in [0.29, 0.717) is 0 Å². The fraction of sp³-hybridized carbons (Fsp3) is 0.400. The number of hydrogen-bond donors (Lipinski definition) is 0. The third-order valence-electron chi connectivity index (χ3n) is 2.13. The zero-order chi connectivity index (χ0) is 8.23. The van der Waals surface area contributed by atoms with Crippen LogP contribution in [0.3, 0.4) is 0 Å². The molecule has 0 bridgehead atoms. The third-order valence-corrected chi connectivity index (χ3v) is 4.11. The topological polar surface area (TPSA) is 3.24 Å². The van der Waals surface area contributed by atoms with Gasteiger partial charge in [-0.1, -0.05) is 0 Å². The second-order valence-electron chi connectivity index (χ2n) is 2.93. The van der Waals surface area contributed by atoms with E-state index >= 15 is 0 Å². The van der Waals surface area contributed by atoms with Crippen molar-refractivity contribution in [3.63, 3.8) is 0 Å². The molecule has 1 saturated heterocycles. The first-order chi connectivity index (χ1) is 5.97. The number of benzene rings is 1. The fourth-order valence-corrected chi connectivity index (χ4v) is 3.36. The van der Waals surface area contributed by atoms with E-state index in [1.165, 1.54) is 29.4 Å². The summed E-state index contributed by atoms with van der Waals surface area (Å²) >= 11 is 0.922. The summed E-state index contributed by atoms with van der Waals surface area (Å²) in [4.78, 5) is 2.49. The average molecular weight is 226 g/mol. The molecule has 1 fully saturated rings. The SMILES string of the molecule is c1ccc(N2CC[Se]CC2)cc1. The number of anilines is 1. The Morgan fingerprint density at radius 1 is 1.00 bits per heavy atom. The summed E-state index contributed by atoms with van der Waals surface area (Å²) in [7, 11) is 0. The summed E-state index contributed by atoms with van der Waals surface area (Å²) in [6.45, 7) is 2.54. The molecule has 0 radical (unpaired) electrons. The van der Waals surface area contributed by atoms with Gasteiger partial charge >= 0.3 is 79.6 Å². The van der Waals surface area contributed by atoms with E-state index in [1.807, 2.05) is 0 Å². The molecule has 1 aliphatic heterocycles. The van der Waals surface area contributed by atoms with Crippen molar-refractivity contribution in [2.45, 2.75) is 10.6 Å². The molecule has 1 aromatic rings. The minimum absolute atomic E-state index is 0.922. The first-order valence-electron chi connectivity index (χ1n) is 4.34. The van der Waals surface area contributed by atoms with Crippen LogP contribution in [0.4, 0.5) is 5.69 Å². The fourth-order valence-electron chi connectivity index (χ4n) is 1.46. The first kappa shape index (κ1) is 8.15. The van der Waals surface area contributed by atoms with Crippen molar-refractivity contribution in [1.82, 2.24) is 0 Å². The van der Waals surface area contributed by atoms with Gasteiger partial charge in [-0.15, -0.1) is 0 Å². The maximum atomic E-state index is 2.49. The van der Waals surface area contributed by atoms with Crippen LogP contribution in [-0.2, 0) is 0 Å². The Balaban J connectivity index is 2.08. The molecule has 2 heteroatoms. The Kier molecular flexibility index (Phi) is 2.70. The molecule has 0 saturated carbocycles. The van der Waals surface area contributed by atoms with Crippen LogP contribution in [0.25, 0.3) is 0 Å². The van der Waals surface area contributed by atoms with Gasteiger partial charge in [-0.3, -0.25) is 0 Å².